The largest absolute Gasteiger partial charge is 0.544 e. The first-order valence-corrected chi connectivity index (χ1v) is 5.08. The molecule has 3 N–H and O–H groups in total. The Bertz CT molecular complexity index is 223. The van der Waals surface area contributed by atoms with E-state index in [1.165, 1.54) is 0 Å². The van der Waals surface area contributed by atoms with Crippen molar-refractivity contribution in [1.29, 1.82) is 0 Å². The molecule has 0 saturated carbocycles. The van der Waals surface area contributed by atoms with Crippen LogP contribution in [0.3, 0.4) is 0 Å². The van der Waals surface area contributed by atoms with E-state index in [4.69, 9.17) is 10.8 Å². The Morgan fingerprint density at radius 1 is 1.38 bits per heavy atom. The number of carboxylic acids is 2. The number of likely N-dealkylation sites (N-methyl/N-ethyl adjacent to an activating group) is 1. The number of hydrogen-bond donors (Lipinski definition) is 2. The van der Waals surface area contributed by atoms with Gasteiger partial charge >= 0.3 is 5.97 Å². The third-order valence-corrected chi connectivity index (χ3v) is 1.52. The number of hydrogen-bond acceptors (Lipinski definition) is 4. The Hall–Kier alpha value is -1.14. The summed E-state index contributed by atoms with van der Waals surface area (Å²) in [5, 5.41) is 18.1. The predicted octanol–water partition coefficient (Wildman–Crippen LogP) is -1.36. The number of nitrogens with two attached hydrogens (primary N) is 1. The molecule has 0 aromatic carbocycles. The van der Waals surface area contributed by atoms with E-state index >= 15 is 0 Å². The maximum absolute atomic E-state index is 9.96. The van der Waals surface area contributed by atoms with Crippen LogP contribution in [0.5, 0.6) is 0 Å². The zero-order valence-corrected chi connectivity index (χ0v) is 10.4. The summed E-state index contributed by atoms with van der Waals surface area (Å²) in [7, 11) is 5.40. The van der Waals surface area contributed by atoms with Gasteiger partial charge in [0.1, 0.15) is 12.6 Å². The molecular weight excluding hydrogens is 212 g/mol. The number of quaternary nitrogens is 1. The van der Waals surface area contributed by atoms with Gasteiger partial charge in [0.2, 0.25) is 0 Å². The van der Waals surface area contributed by atoms with Crippen LogP contribution in [0.25, 0.3) is 0 Å². The minimum atomic E-state index is -1.00. The van der Waals surface area contributed by atoms with Gasteiger partial charge in [-0.3, -0.25) is 4.79 Å². The molecule has 0 aliphatic carbocycles. The molecule has 0 radical (unpaired) electrons. The molecule has 0 amide bonds. The van der Waals surface area contributed by atoms with Crippen molar-refractivity contribution < 1.29 is 24.3 Å². The number of carboxylic acid groups (broad SMARTS) is 2. The monoisotopic (exact) mass is 234 g/mol. The van der Waals surface area contributed by atoms with Gasteiger partial charge in [-0.15, -0.1) is 0 Å². The lowest BCUT2D eigenvalue weighted by molar-refractivity contribution is -0.864. The van der Waals surface area contributed by atoms with Crippen molar-refractivity contribution in [1.82, 2.24) is 0 Å². The minimum absolute atomic E-state index is 0.0694. The van der Waals surface area contributed by atoms with Crippen LogP contribution < -0.4 is 10.8 Å². The summed E-state index contributed by atoms with van der Waals surface area (Å²) >= 11 is 0. The van der Waals surface area contributed by atoms with Crippen molar-refractivity contribution in [2.75, 3.05) is 27.7 Å². The van der Waals surface area contributed by atoms with E-state index in [9.17, 15) is 14.7 Å². The average molecular weight is 234 g/mol. The molecule has 1 atom stereocenters. The first-order valence-electron chi connectivity index (χ1n) is 5.08. The zero-order valence-electron chi connectivity index (χ0n) is 10.4. The predicted molar refractivity (Wildman–Crippen MR) is 58.4 cm³/mol. The highest BCUT2D eigenvalue weighted by Crippen LogP contribution is 1.91. The molecule has 1 unspecified atom stereocenters. The lowest BCUT2D eigenvalue weighted by Crippen LogP contribution is -2.45. The molecule has 0 aromatic heterocycles. The molecule has 0 saturated heterocycles. The minimum Gasteiger partial charge on any atom is -0.544 e. The summed E-state index contributed by atoms with van der Waals surface area (Å²) in [6.07, 6.45) is 1.39. The van der Waals surface area contributed by atoms with Crippen molar-refractivity contribution in [2.24, 2.45) is 5.73 Å². The van der Waals surface area contributed by atoms with Crippen molar-refractivity contribution in [3.05, 3.63) is 0 Å². The van der Waals surface area contributed by atoms with Gasteiger partial charge < -0.3 is 25.2 Å². The van der Waals surface area contributed by atoms with Crippen LogP contribution in [0, 0.1) is 0 Å². The number of carbonyl (C=O) groups is 2. The van der Waals surface area contributed by atoms with Crippen LogP contribution in [-0.2, 0) is 9.59 Å². The SMILES string of the molecule is CCCC(N)C(=O)O.C[N+](C)(C)CC(=O)[O-]. The van der Waals surface area contributed by atoms with Crippen LogP contribution in [0.4, 0.5) is 0 Å². The molecule has 0 heterocycles. The van der Waals surface area contributed by atoms with Gasteiger partial charge in [0.25, 0.3) is 0 Å². The number of nitrogens with zero attached hydrogens (tertiary/aromatic N) is 1. The standard InChI is InChI=1S/2C5H11NO2/c1-6(2,3)4-5(7)8;1-2-3-4(6)5(7)8/h4H2,1-3H3;4H,2-3,6H2,1H3,(H,7,8). The van der Waals surface area contributed by atoms with Gasteiger partial charge in [0.15, 0.2) is 0 Å². The molecule has 16 heavy (non-hydrogen) atoms. The Morgan fingerprint density at radius 3 is 1.88 bits per heavy atom. The third kappa shape index (κ3) is 15.3. The van der Waals surface area contributed by atoms with E-state index < -0.39 is 18.0 Å². The lowest BCUT2D eigenvalue weighted by atomic mass is 10.2. The van der Waals surface area contributed by atoms with Gasteiger partial charge in [0, 0.05) is 0 Å². The Labute approximate surface area is 96.3 Å². The maximum atomic E-state index is 9.96. The average Bonchev–Trinajstić information content (AvgIpc) is 2.00. The van der Waals surface area contributed by atoms with Gasteiger partial charge in [-0.05, 0) is 6.42 Å². The molecule has 0 aromatic rings. The first kappa shape index (κ1) is 17.3. The summed E-state index contributed by atoms with van der Waals surface area (Å²) in [5.74, 6) is -1.91. The number of aliphatic carboxylic acids is 2. The summed E-state index contributed by atoms with van der Waals surface area (Å²) in [5.41, 5.74) is 5.13. The van der Waals surface area contributed by atoms with Gasteiger partial charge in [-0.25, -0.2) is 0 Å². The zero-order chi connectivity index (χ0) is 13.4. The van der Waals surface area contributed by atoms with Crippen LogP contribution in [0.2, 0.25) is 0 Å². The molecular formula is C10H22N2O4. The van der Waals surface area contributed by atoms with E-state index in [1.54, 1.807) is 21.1 Å². The molecule has 96 valence electrons. The molecule has 0 aliphatic rings. The molecule has 0 fully saturated rings. The lowest BCUT2D eigenvalue weighted by Gasteiger charge is -2.23. The van der Waals surface area contributed by atoms with Crippen LogP contribution in [-0.4, -0.2) is 55.3 Å². The van der Waals surface area contributed by atoms with E-state index in [-0.39, 0.29) is 6.54 Å². The van der Waals surface area contributed by atoms with E-state index in [2.05, 4.69) is 0 Å². The highest BCUT2D eigenvalue weighted by molar-refractivity contribution is 5.72. The van der Waals surface area contributed by atoms with Crippen molar-refractivity contribution in [3.8, 4) is 0 Å². The highest BCUT2D eigenvalue weighted by atomic mass is 16.4. The topological polar surface area (TPSA) is 103 Å². The summed E-state index contributed by atoms with van der Waals surface area (Å²) in [4.78, 5) is 19.9. The normalized spacial score (nSPS) is 12.3. The van der Waals surface area contributed by atoms with E-state index in [0.29, 0.717) is 10.9 Å². The van der Waals surface area contributed by atoms with Gasteiger partial charge in [-0.2, -0.15) is 0 Å². The van der Waals surface area contributed by atoms with Gasteiger partial charge in [-0.1, -0.05) is 13.3 Å². The Morgan fingerprint density at radius 2 is 1.81 bits per heavy atom. The van der Waals surface area contributed by atoms with Crippen molar-refractivity contribution in [2.45, 2.75) is 25.8 Å². The second-order valence-corrected chi connectivity index (χ2v) is 4.55. The summed E-state index contributed by atoms with van der Waals surface area (Å²) in [6.45, 7) is 1.97. The molecule has 0 aliphatic heterocycles. The number of rotatable bonds is 5. The number of carbonyl (C=O) groups excluding carboxylic acids is 1. The first-order chi connectivity index (χ1) is 7.10. The molecule has 0 rings (SSSR count). The molecule has 6 nitrogen and oxygen atoms in total. The second-order valence-electron chi connectivity index (χ2n) is 4.55. The van der Waals surface area contributed by atoms with Gasteiger partial charge in [0.05, 0.1) is 27.1 Å². The molecule has 0 spiro atoms. The Balaban J connectivity index is 0. The fourth-order valence-corrected chi connectivity index (χ4v) is 0.822. The molecule has 6 heteroatoms. The summed E-state index contributed by atoms with van der Waals surface area (Å²) < 4.78 is 0.419. The van der Waals surface area contributed by atoms with Crippen LogP contribution in [0.1, 0.15) is 19.8 Å². The van der Waals surface area contributed by atoms with Crippen molar-refractivity contribution >= 4 is 11.9 Å². The smallest absolute Gasteiger partial charge is 0.320 e. The second kappa shape index (κ2) is 8.06. The fourth-order valence-electron chi connectivity index (χ4n) is 0.822. The van der Waals surface area contributed by atoms with E-state index in [0.717, 1.165) is 6.42 Å². The van der Waals surface area contributed by atoms with E-state index in [1.807, 2.05) is 6.92 Å². The van der Waals surface area contributed by atoms with Crippen molar-refractivity contribution in [3.63, 3.8) is 0 Å². The fraction of sp³-hybridized carbons (Fsp3) is 0.800. The van der Waals surface area contributed by atoms with Crippen LogP contribution in [0.15, 0.2) is 0 Å². The summed E-state index contributed by atoms with van der Waals surface area (Å²) in [6, 6.07) is -0.667. The van der Waals surface area contributed by atoms with Crippen LogP contribution >= 0.6 is 0 Å². The highest BCUT2D eigenvalue weighted by Gasteiger charge is 2.07. The third-order valence-electron chi connectivity index (χ3n) is 1.52. The Kier molecular flexibility index (Phi) is 8.70. The quantitative estimate of drug-likeness (QED) is 0.572. The molecule has 0 bridgehead atoms. The maximum Gasteiger partial charge on any atom is 0.320 e.